The van der Waals surface area contributed by atoms with E-state index in [1.807, 2.05) is 24.3 Å². The third-order valence-electron chi connectivity index (χ3n) is 4.45. The Balaban J connectivity index is 1.50. The molecule has 2 amide bonds. The lowest BCUT2D eigenvalue weighted by molar-refractivity contribution is -0.125. The fourth-order valence-corrected chi connectivity index (χ4v) is 2.99. The molecule has 1 aromatic heterocycles. The number of carbonyl (C=O) groups is 2. The lowest BCUT2D eigenvalue weighted by Crippen LogP contribution is -2.29. The molecule has 2 aromatic rings. The fourth-order valence-electron chi connectivity index (χ4n) is 2.99. The van der Waals surface area contributed by atoms with Crippen molar-refractivity contribution >= 4 is 17.5 Å². The van der Waals surface area contributed by atoms with E-state index in [1.54, 1.807) is 18.3 Å². The van der Waals surface area contributed by atoms with Gasteiger partial charge in [-0.3, -0.25) is 14.6 Å². The predicted molar refractivity (Wildman–Crippen MR) is 95.8 cm³/mol. The van der Waals surface area contributed by atoms with Gasteiger partial charge in [-0.1, -0.05) is 12.1 Å². The Morgan fingerprint density at radius 2 is 1.96 bits per heavy atom. The van der Waals surface area contributed by atoms with Crippen LogP contribution in [0.4, 0.5) is 5.69 Å². The molecule has 1 aliphatic carbocycles. The summed E-state index contributed by atoms with van der Waals surface area (Å²) in [5.74, 6) is -0.0957. The zero-order chi connectivity index (χ0) is 17.6. The zero-order valence-electron chi connectivity index (χ0n) is 13.9. The van der Waals surface area contributed by atoms with Crippen molar-refractivity contribution in [3.63, 3.8) is 0 Å². The van der Waals surface area contributed by atoms with Gasteiger partial charge in [0.05, 0.1) is 5.56 Å². The van der Waals surface area contributed by atoms with E-state index in [4.69, 9.17) is 5.73 Å². The van der Waals surface area contributed by atoms with Crippen LogP contribution in [-0.4, -0.2) is 22.8 Å². The lowest BCUT2D eigenvalue weighted by Gasteiger charge is -2.11. The van der Waals surface area contributed by atoms with Gasteiger partial charge >= 0.3 is 0 Å². The second kappa shape index (κ2) is 7.90. The number of hydrogen-bond donors (Lipinski definition) is 3. The monoisotopic (exact) mass is 338 g/mol. The molecule has 3 rings (SSSR count). The molecule has 0 spiro atoms. The summed E-state index contributed by atoms with van der Waals surface area (Å²) in [5, 5.41) is 5.78. The van der Waals surface area contributed by atoms with Crippen molar-refractivity contribution in [1.29, 1.82) is 0 Å². The third kappa shape index (κ3) is 4.64. The number of pyridine rings is 1. The zero-order valence-corrected chi connectivity index (χ0v) is 13.9. The van der Waals surface area contributed by atoms with Crippen molar-refractivity contribution in [2.45, 2.75) is 31.8 Å². The van der Waals surface area contributed by atoms with Crippen molar-refractivity contribution in [2.24, 2.45) is 11.7 Å². The topological polar surface area (TPSA) is 97.1 Å². The van der Waals surface area contributed by atoms with Gasteiger partial charge in [0, 0.05) is 36.6 Å². The molecule has 0 saturated heterocycles. The lowest BCUT2D eigenvalue weighted by atomic mass is 10.1. The first kappa shape index (κ1) is 17.1. The Labute approximate surface area is 146 Å². The smallest absolute Gasteiger partial charge is 0.257 e. The van der Waals surface area contributed by atoms with E-state index in [2.05, 4.69) is 15.6 Å². The first-order chi connectivity index (χ1) is 12.1. The first-order valence-corrected chi connectivity index (χ1v) is 8.45. The van der Waals surface area contributed by atoms with E-state index in [1.165, 1.54) is 6.20 Å². The van der Waals surface area contributed by atoms with Crippen LogP contribution in [0.1, 0.15) is 35.2 Å². The molecule has 1 heterocycles. The van der Waals surface area contributed by atoms with Gasteiger partial charge in [0.25, 0.3) is 5.91 Å². The highest BCUT2D eigenvalue weighted by Gasteiger charge is 2.27. The Kier molecular flexibility index (Phi) is 5.40. The summed E-state index contributed by atoms with van der Waals surface area (Å²) in [7, 11) is 0. The molecular weight excluding hydrogens is 316 g/mol. The molecule has 2 unspecified atom stereocenters. The fraction of sp³-hybridized carbons (Fsp3) is 0.316. The summed E-state index contributed by atoms with van der Waals surface area (Å²) < 4.78 is 0. The second-order valence-electron chi connectivity index (χ2n) is 6.38. The number of carbonyl (C=O) groups excluding carboxylic acids is 2. The average Bonchev–Trinajstić information content (AvgIpc) is 3.08. The molecule has 0 bridgehead atoms. The minimum Gasteiger partial charge on any atom is -0.352 e. The third-order valence-corrected chi connectivity index (χ3v) is 4.45. The maximum absolute atomic E-state index is 12.1. The first-order valence-electron chi connectivity index (χ1n) is 8.45. The van der Waals surface area contributed by atoms with Crippen molar-refractivity contribution in [3.05, 3.63) is 59.9 Å². The maximum Gasteiger partial charge on any atom is 0.257 e. The largest absolute Gasteiger partial charge is 0.352 e. The predicted octanol–water partition coefficient (Wildman–Crippen LogP) is 2.08. The van der Waals surface area contributed by atoms with Crippen LogP contribution in [-0.2, 0) is 11.3 Å². The van der Waals surface area contributed by atoms with Gasteiger partial charge < -0.3 is 16.4 Å². The summed E-state index contributed by atoms with van der Waals surface area (Å²) in [6.45, 7) is 0.474. The van der Waals surface area contributed by atoms with E-state index in [0.29, 0.717) is 17.8 Å². The molecule has 2 atom stereocenters. The van der Waals surface area contributed by atoms with E-state index >= 15 is 0 Å². The van der Waals surface area contributed by atoms with Crippen LogP contribution >= 0.6 is 0 Å². The van der Waals surface area contributed by atoms with Crippen molar-refractivity contribution < 1.29 is 9.59 Å². The highest BCUT2D eigenvalue weighted by molar-refractivity contribution is 6.04. The van der Waals surface area contributed by atoms with Crippen LogP contribution in [0, 0.1) is 5.92 Å². The summed E-state index contributed by atoms with van der Waals surface area (Å²) in [4.78, 5) is 28.1. The van der Waals surface area contributed by atoms with Gasteiger partial charge in [-0.25, -0.2) is 0 Å². The number of aromatic nitrogens is 1. The molecule has 1 aromatic carbocycles. The normalized spacial score (nSPS) is 19.4. The van der Waals surface area contributed by atoms with Gasteiger partial charge in [-0.2, -0.15) is 0 Å². The number of hydrogen-bond acceptors (Lipinski definition) is 4. The molecular formula is C19H22N4O2. The average molecular weight is 338 g/mol. The number of rotatable bonds is 5. The van der Waals surface area contributed by atoms with Gasteiger partial charge in [0.2, 0.25) is 5.91 Å². The Bertz CT molecular complexity index is 731. The van der Waals surface area contributed by atoms with E-state index in [-0.39, 0.29) is 23.8 Å². The molecule has 6 heteroatoms. The number of nitrogens with one attached hydrogen (secondary N) is 2. The van der Waals surface area contributed by atoms with Crippen LogP contribution < -0.4 is 16.4 Å². The molecule has 1 saturated carbocycles. The number of nitrogens with two attached hydrogens (primary N) is 1. The minimum absolute atomic E-state index is 0.0352. The van der Waals surface area contributed by atoms with Crippen LogP contribution in [0.3, 0.4) is 0 Å². The van der Waals surface area contributed by atoms with Crippen LogP contribution in [0.25, 0.3) is 0 Å². The summed E-state index contributed by atoms with van der Waals surface area (Å²) in [5.41, 5.74) is 8.04. The van der Waals surface area contributed by atoms with Gasteiger partial charge in [0.15, 0.2) is 0 Å². The number of amides is 2. The van der Waals surface area contributed by atoms with Crippen LogP contribution in [0.2, 0.25) is 0 Å². The summed E-state index contributed by atoms with van der Waals surface area (Å²) >= 11 is 0. The van der Waals surface area contributed by atoms with Crippen molar-refractivity contribution in [3.8, 4) is 0 Å². The second-order valence-corrected chi connectivity index (χ2v) is 6.38. The molecule has 1 fully saturated rings. The highest BCUT2D eigenvalue weighted by atomic mass is 16.2. The summed E-state index contributed by atoms with van der Waals surface area (Å²) in [6.07, 6.45) is 5.70. The molecule has 0 radical (unpaired) electrons. The quantitative estimate of drug-likeness (QED) is 0.777. The Morgan fingerprint density at radius 1 is 1.16 bits per heavy atom. The van der Waals surface area contributed by atoms with Gasteiger partial charge in [-0.05, 0) is 49.1 Å². The SMILES string of the molecule is NC1CCC(C(=O)NCc2ccc(NC(=O)c3cccnc3)cc2)C1. The van der Waals surface area contributed by atoms with E-state index in [9.17, 15) is 9.59 Å². The van der Waals surface area contributed by atoms with Crippen molar-refractivity contribution in [2.75, 3.05) is 5.32 Å². The van der Waals surface area contributed by atoms with E-state index < -0.39 is 0 Å². The molecule has 4 N–H and O–H groups in total. The highest BCUT2D eigenvalue weighted by Crippen LogP contribution is 2.24. The summed E-state index contributed by atoms with van der Waals surface area (Å²) in [6, 6.07) is 11.0. The Morgan fingerprint density at radius 3 is 2.60 bits per heavy atom. The molecule has 1 aliphatic rings. The maximum atomic E-state index is 12.1. The van der Waals surface area contributed by atoms with Gasteiger partial charge in [0.1, 0.15) is 0 Å². The molecule has 6 nitrogen and oxygen atoms in total. The Hall–Kier alpha value is -2.73. The molecule has 25 heavy (non-hydrogen) atoms. The minimum atomic E-state index is -0.202. The number of nitrogens with zero attached hydrogens (tertiary/aromatic N) is 1. The molecule has 0 aliphatic heterocycles. The van der Waals surface area contributed by atoms with Crippen LogP contribution in [0.5, 0.6) is 0 Å². The van der Waals surface area contributed by atoms with E-state index in [0.717, 1.165) is 24.8 Å². The number of benzene rings is 1. The van der Waals surface area contributed by atoms with Crippen molar-refractivity contribution in [1.82, 2.24) is 10.3 Å². The van der Waals surface area contributed by atoms with Gasteiger partial charge in [-0.15, -0.1) is 0 Å². The number of anilines is 1. The van der Waals surface area contributed by atoms with Crippen LogP contribution in [0.15, 0.2) is 48.8 Å². The standard InChI is InChI=1S/C19H22N4O2/c20-16-6-5-14(10-16)18(24)22-11-13-3-7-17(8-4-13)23-19(25)15-2-1-9-21-12-15/h1-4,7-9,12,14,16H,5-6,10-11,20H2,(H,22,24)(H,23,25). The molecule has 130 valence electrons.